The van der Waals surface area contributed by atoms with Crippen LogP contribution in [0.4, 0.5) is 0 Å². The summed E-state index contributed by atoms with van der Waals surface area (Å²) in [6, 6.07) is 11.2. The maximum absolute atomic E-state index is 10.5. The minimum atomic E-state index is -0.521. The maximum atomic E-state index is 10.5. The topological polar surface area (TPSA) is 57.5 Å². The largest absolute Gasteiger partial charge is 0.507 e. The van der Waals surface area contributed by atoms with Crippen LogP contribution in [0.25, 0.3) is 0 Å². The zero-order valence-corrected chi connectivity index (χ0v) is 18.0. The monoisotopic (exact) mass is 427 g/mol. The third kappa shape index (κ3) is 3.10. The smallest absolute Gasteiger partial charge is 0.200 e. The summed E-state index contributed by atoms with van der Waals surface area (Å²) >= 11 is 6.22. The molecule has 2 aromatic carbocycles. The average molecular weight is 428 g/mol. The second-order valence-corrected chi connectivity index (χ2v) is 8.67. The third-order valence-electron chi connectivity index (χ3n) is 6.33. The Labute approximate surface area is 181 Å². The van der Waals surface area contributed by atoms with E-state index in [1.807, 2.05) is 19.1 Å². The molecule has 0 bridgehead atoms. The molecule has 0 unspecified atom stereocenters. The van der Waals surface area contributed by atoms with E-state index in [-0.39, 0.29) is 11.8 Å². The van der Waals surface area contributed by atoms with Crippen molar-refractivity contribution >= 4 is 17.3 Å². The molecule has 1 atom stereocenters. The van der Waals surface area contributed by atoms with Crippen LogP contribution in [0.1, 0.15) is 43.4 Å². The quantitative estimate of drug-likeness (QED) is 0.786. The lowest BCUT2D eigenvalue weighted by Crippen LogP contribution is -2.58. The molecule has 0 radical (unpaired) electrons. The highest BCUT2D eigenvalue weighted by atomic mass is 35.5. The van der Waals surface area contributed by atoms with E-state index in [4.69, 9.17) is 26.2 Å². The number of phenols is 1. The van der Waals surface area contributed by atoms with Crippen molar-refractivity contribution in [3.05, 3.63) is 52.5 Å². The number of aromatic hydroxyl groups is 1. The van der Waals surface area contributed by atoms with Gasteiger partial charge in [-0.05, 0) is 38.2 Å². The lowest BCUT2D eigenvalue weighted by molar-refractivity contribution is -0.148. The number of piperidine rings is 1. The molecule has 1 N–H and O–H groups in total. The van der Waals surface area contributed by atoms with E-state index in [1.165, 1.54) is 0 Å². The highest BCUT2D eigenvalue weighted by Gasteiger charge is 2.52. The summed E-state index contributed by atoms with van der Waals surface area (Å²) in [6.07, 6.45) is 2.37. The lowest BCUT2D eigenvalue weighted by Gasteiger charge is -2.51. The standard InChI is InChI=1S/C23H26ClN3O3/c1-3-29-21-6-4-5-16-19-14-18(17-13-15(24)7-8-20(17)28)25-27(19)23(30-22(16)21)9-11-26(2)12-10-23/h4-8,13,19,28H,3,9-12,14H2,1-2H3/t19-/m1/s1. The maximum Gasteiger partial charge on any atom is 0.200 e. The minimum absolute atomic E-state index is 0.0333. The van der Waals surface area contributed by atoms with Crippen LogP contribution in [0.5, 0.6) is 17.2 Å². The number of para-hydroxylation sites is 1. The second-order valence-electron chi connectivity index (χ2n) is 8.23. The van der Waals surface area contributed by atoms with Gasteiger partial charge in [-0.15, -0.1) is 0 Å². The van der Waals surface area contributed by atoms with Crippen LogP contribution in [0.3, 0.4) is 0 Å². The molecule has 3 heterocycles. The number of phenolic OH excluding ortho intramolecular Hbond substituents is 1. The lowest BCUT2D eigenvalue weighted by atomic mass is 9.90. The highest BCUT2D eigenvalue weighted by Crippen LogP contribution is 2.53. The Kier molecular flexibility index (Phi) is 4.79. The van der Waals surface area contributed by atoms with Crippen molar-refractivity contribution in [3.63, 3.8) is 0 Å². The summed E-state index contributed by atoms with van der Waals surface area (Å²) in [6.45, 7) is 4.44. The molecule has 0 aromatic heterocycles. The first-order valence-corrected chi connectivity index (χ1v) is 10.9. The molecule has 6 nitrogen and oxygen atoms in total. The summed E-state index contributed by atoms with van der Waals surface area (Å²) < 4.78 is 12.6. The molecular weight excluding hydrogens is 402 g/mol. The number of halogens is 1. The van der Waals surface area contributed by atoms with Crippen LogP contribution in [0.15, 0.2) is 41.5 Å². The molecule has 0 aliphatic carbocycles. The zero-order chi connectivity index (χ0) is 20.9. The molecule has 158 valence electrons. The Bertz CT molecular complexity index is 1000. The van der Waals surface area contributed by atoms with E-state index in [9.17, 15) is 5.11 Å². The van der Waals surface area contributed by atoms with Crippen LogP contribution >= 0.6 is 11.6 Å². The van der Waals surface area contributed by atoms with Crippen molar-refractivity contribution in [2.75, 3.05) is 26.7 Å². The molecule has 1 spiro atoms. The fourth-order valence-corrected chi connectivity index (χ4v) is 4.91. The number of fused-ring (bicyclic) bond motifs is 4. The molecule has 1 fully saturated rings. The Hall–Kier alpha value is -2.44. The number of hydrogen-bond acceptors (Lipinski definition) is 6. The van der Waals surface area contributed by atoms with Gasteiger partial charge in [0, 0.05) is 48.5 Å². The second kappa shape index (κ2) is 7.36. The summed E-state index contributed by atoms with van der Waals surface area (Å²) in [5, 5.41) is 18.2. The van der Waals surface area contributed by atoms with Gasteiger partial charge >= 0.3 is 0 Å². The Morgan fingerprint density at radius 2 is 2.07 bits per heavy atom. The molecule has 3 aliphatic heterocycles. The van der Waals surface area contributed by atoms with Crippen LogP contribution in [-0.4, -0.2) is 53.2 Å². The molecular formula is C23H26ClN3O3. The Morgan fingerprint density at radius 1 is 1.27 bits per heavy atom. The van der Waals surface area contributed by atoms with Crippen molar-refractivity contribution in [2.24, 2.45) is 5.10 Å². The van der Waals surface area contributed by atoms with Crippen LogP contribution in [0, 0.1) is 0 Å². The number of benzene rings is 2. The van der Waals surface area contributed by atoms with E-state index in [2.05, 4.69) is 23.0 Å². The number of nitrogens with zero attached hydrogens (tertiary/aromatic N) is 3. The van der Waals surface area contributed by atoms with E-state index in [0.717, 1.165) is 48.7 Å². The number of hydrogen-bond donors (Lipinski definition) is 1. The molecule has 30 heavy (non-hydrogen) atoms. The zero-order valence-electron chi connectivity index (χ0n) is 17.3. The fraction of sp³-hybridized carbons (Fsp3) is 0.435. The van der Waals surface area contributed by atoms with Crippen molar-refractivity contribution in [2.45, 2.75) is 38.0 Å². The van der Waals surface area contributed by atoms with Crippen LogP contribution < -0.4 is 9.47 Å². The van der Waals surface area contributed by atoms with Crippen molar-refractivity contribution in [1.29, 1.82) is 0 Å². The molecule has 2 aromatic rings. The first kappa shape index (κ1) is 19.5. The van der Waals surface area contributed by atoms with Crippen LogP contribution in [0.2, 0.25) is 5.02 Å². The Morgan fingerprint density at radius 3 is 2.83 bits per heavy atom. The molecule has 3 aliphatic rings. The highest BCUT2D eigenvalue weighted by molar-refractivity contribution is 6.31. The van der Waals surface area contributed by atoms with Gasteiger partial charge in [-0.1, -0.05) is 23.7 Å². The molecule has 7 heteroatoms. The van der Waals surface area contributed by atoms with Gasteiger partial charge in [0.15, 0.2) is 11.5 Å². The van der Waals surface area contributed by atoms with Gasteiger partial charge in [-0.2, -0.15) is 5.10 Å². The summed E-state index contributed by atoms with van der Waals surface area (Å²) in [7, 11) is 2.13. The van der Waals surface area contributed by atoms with Gasteiger partial charge in [-0.3, -0.25) is 0 Å². The fourth-order valence-electron chi connectivity index (χ4n) is 4.74. The van der Waals surface area contributed by atoms with Gasteiger partial charge in [-0.25, -0.2) is 5.01 Å². The first-order valence-electron chi connectivity index (χ1n) is 10.5. The minimum Gasteiger partial charge on any atom is -0.507 e. The number of ether oxygens (including phenoxy) is 2. The molecule has 1 saturated heterocycles. The number of hydrazone groups is 1. The van der Waals surface area contributed by atoms with Crippen molar-refractivity contribution < 1.29 is 14.6 Å². The van der Waals surface area contributed by atoms with Crippen molar-refractivity contribution in [1.82, 2.24) is 9.91 Å². The molecule has 0 amide bonds. The van der Waals surface area contributed by atoms with Gasteiger partial charge in [0.2, 0.25) is 5.72 Å². The van der Waals surface area contributed by atoms with E-state index >= 15 is 0 Å². The average Bonchev–Trinajstić information content (AvgIpc) is 3.19. The Balaban J connectivity index is 1.61. The van der Waals surface area contributed by atoms with Gasteiger partial charge in [0.1, 0.15) is 5.75 Å². The van der Waals surface area contributed by atoms with Crippen molar-refractivity contribution in [3.8, 4) is 17.2 Å². The predicted molar refractivity (Wildman–Crippen MR) is 117 cm³/mol. The number of likely N-dealkylation sites (tertiary alicyclic amines) is 1. The SMILES string of the molecule is CCOc1cccc2c1OC1(CCN(C)CC1)N1N=C(c3cc(Cl)ccc3O)C[C@H]21. The van der Waals surface area contributed by atoms with E-state index < -0.39 is 5.72 Å². The summed E-state index contributed by atoms with van der Waals surface area (Å²) in [5.74, 6) is 1.81. The van der Waals surface area contributed by atoms with E-state index in [0.29, 0.717) is 23.6 Å². The third-order valence-corrected chi connectivity index (χ3v) is 6.56. The van der Waals surface area contributed by atoms with Gasteiger partial charge in [0.05, 0.1) is 18.4 Å². The first-order chi connectivity index (χ1) is 14.5. The normalized spacial score (nSPS) is 22.3. The molecule has 0 saturated carbocycles. The van der Waals surface area contributed by atoms with Gasteiger partial charge in [0.25, 0.3) is 0 Å². The summed E-state index contributed by atoms with van der Waals surface area (Å²) in [4.78, 5) is 2.32. The number of rotatable bonds is 3. The van der Waals surface area contributed by atoms with E-state index in [1.54, 1.807) is 18.2 Å². The van der Waals surface area contributed by atoms with Crippen LogP contribution in [-0.2, 0) is 0 Å². The summed E-state index contributed by atoms with van der Waals surface area (Å²) in [5.41, 5.74) is 2.07. The molecule has 5 rings (SSSR count). The predicted octanol–water partition coefficient (Wildman–Crippen LogP) is 4.41. The van der Waals surface area contributed by atoms with Gasteiger partial charge < -0.3 is 19.5 Å².